The van der Waals surface area contributed by atoms with Crippen molar-refractivity contribution in [2.75, 3.05) is 26.5 Å². The Morgan fingerprint density at radius 1 is 0.489 bits per heavy atom. The predicted octanol–water partition coefficient (Wildman–Crippen LogP) is -0.408. The molecule has 2 fully saturated rings. The Hall–Kier alpha value is -3.94. The second-order valence-corrected chi connectivity index (χ2v) is 10.2. The van der Waals surface area contributed by atoms with Gasteiger partial charge in [-0.1, -0.05) is 0 Å². The molecular formula is C28H39FO18. The van der Waals surface area contributed by atoms with Crippen molar-refractivity contribution in [2.45, 2.75) is 110 Å². The first-order valence-corrected chi connectivity index (χ1v) is 14.3. The fourth-order valence-corrected chi connectivity index (χ4v) is 4.77. The third-order valence-corrected chi connectivity index (χ3v) is 6.24. The first-order valence-electron chi connectivity index (χ1n) is 14.3. The van der Waals surface area contributed by atoms with Gasteiger partial charge in [0.2, 0.25) is 0 Å². The van der Waals surface area contributed by atoms with Gasteiger partial charge in [-0.3, -0.25) is 33.6 Å². The first kappa shape index (κ1) is 39.2. The molecule has 0 aromatic carbocycles. The van der Waals surface area contributed by atoms with Crippen LogP contribution in [-0.2, 0) is 85.7 Å². The van der Waals surface area contributed by atoms with Crippen molar-refractivity contribution in [2.24, 2.45) is 0 Å². The number of halogens is 1. The molecule has 0 spiro atoms. The number of ether oxygens (including phenoxy) is 11. The maximum absolute atomic E-state index is 13.1. The highest BCUT2D eigenvalue weighted by Crippen LogP contribution is 2.35. The quantitative estimate of drug-likeness (QED) is 0.168. The average Bonchev–Trinajstić information content (AvgIpc) is 2.94. The summed E-state index contributed by atoms with van der Waals surface area (Å²) in [5.41, 5.74) is 0. The second-order valence-electron chi connectivity index (χ2n) is 10.2. The topological polar surface area (TPSA) is 221 Å². The van der Waals surface area contributed by atoms with Gasteiger partial charge in [-0.15, -0.1) is 0 Å². The van der Waals surface area contributed by atoms with E-state index >= 15 is 0 Å². The molecule has 0 radical (unpaired) electrons. The van der Waals surface area contributed by atoms with E-state index in [1.165, 1.54) is 0 Å². The summed E-state index contributed by atoms with van der Waals surface area (Å²) >= 11 is 0. The van der Waals surface area contributed by atoms with E-state index in [2.05, 4.69) is 0 Å². The van der Waals surface area contributed by atoms with Crippen molar-refractivity contribution in [3.8, 4) is 0 Å². The van der Waals surface area contributed by atoms with Crippen LogP contribution in [0.5, 0.6) is 0 Å². The lowest BCUT2D eigenvalue weighted by atomic mass is 9.96. The van der Waals surface area contributed by atoms with Crippen LogP contribution in [0.4, 0.5) is 4.39 Å². The molecule has 2 saturated heterocycles. The summed E-state index contributed by atoms with van der Waals surface area (Å²) < 4.78 is 73.6. The SMILES string of the molecule is CC(=O)OC[C@H]1O[C@@H](O[C@H]2[C@H](OC(C)=O)[C@@H](OC(C)=O)[C@H](OCCF)O[C@@H]2COC(C)=O)[C@H](OC(C)=O)[C@@H](OC(C)=O)[C@H]1OC(C)=O. The molecular weight excluding hydrogens is 643 g/mol. The van der Waals surface area contributed by atoms with Crippen molar-refractivity contribution in [3.05, 3.63) is 0 Å². The van der Waals surface area contributed by atoms with Crippen LogP contribution in [-0.4, -0.2) is 130 Å². The van der Waals surface area contributed by atoms with Gasteiger partial charge in [0.25, 0.3) is 0 Å². The van der Waals surface area contributed by atoms with Gasteiger partial charge in [0.05, 0.1) is 6.61 Å². The molecule has 19 heteroatoms. The fourth-order valence-electron chi connectivity index (χ4n) is 4.77. The summed E-state index contributed by atoms with van der Waals surface area (Å²) in [4.78, 5) is 84.3. The van der Waals surface area contributed by atoms with Crippen LogP contribution >= 0.6 is 0 Å². The van der Waals surface area contributed by atoms with Gasteiger partial charge in [-0.05, 0) is 0 Å². The number of hydrogen-bond donors (Lipinski definition) is 0. The van der Waals surface area contributed by atoms with Gasteiger partial charge < -0.3 is 52.1 Å². The van der Waals surface area contributed by atoms with Crippen LogP contribution in [0.1, 0.15) is 48.5 Å². The van der Waals surface area contributed by atoms with Crippen LogP contribution in [0.25, 0.3) is 0 Å². The molecule has 0 saturated carbocycles. The van der Waals surface area contributed by atoms with Gasteiger partial charge in [0.15, 0.2) is 43.1 Å². The van der Waals surface area contributed by atoms with Gasteiger partial charge in [-0.2, -0.15) is 0 Å². The van der Waals surface area contributed by atoms with E-state index in [-0.39, 0.29) is 0 Å². The number of alkyl halides is 1. The molecule has 10 atom stereocenters. The zero-order chi connectivity index (χ0) is 35.4. The Kier molecular flexibility index (Phi) is 15.4. The van der Waals surface area contributed by atoms with Gasteiger partial charge in [0, 0.05) is 48.5 Å². The number of hydrogen-bond acceptors (Lipinski definition) is 18. The molecule has 2 heterocycles. The lowest BCUT2D eigenvalue weighted by molar-refractivity contribution is -0.361. The molecule has 2 aliphatic heterocycles. The maximum atomic E-state index is 13.1. The van der Waals surface area contributed by atoms with Crippen molar-refractivity contribution in [1.29, 1.82) is 0 Å². The minimum atomic E-state index is -1.82. The Morgan fingerprint density at radius 2 is 0.851 bits per heavy atom. The molecule has 266 valence electrons. The van der Waals surface area contributed by atoms with E-state index in [0.717, 1.165) is 48.5 Å². The van der Waals surface area contributed by atoms with Gasteiger partial charge in [0.1, 0.15) is 38.2 Å². The highest BCUT2D eigenvalue weighted by atomic mass is 19.1. The molecule has 0 unspecified atom stereocenters. The number of carbonyl (C=O) groups excluding carboxylic acids is 7. The van der Waals surface area contributed by atoms with Crippen molar-refractivity contribution >= 4 is 41.8 Å². The second kappa shape index (κ2) is 18.4. The number of rotatable bonds is 14. The van der Waals surface area contributed by atoms with Crippen molar-refractivity contribution in [3.63, 3.8) is 0 Å². The maximum Gasteiger partial charge on any atom is 0.303 e. The largest absolute Gasteiger partial charge is 0.463 e. The molecule has 0 bridgehead atoms. The number of esters is 7. The fraction of sp³-hybridized carbons (Fsp3) is 0.750. The molecule has 0 aromatic rings. The van der Waals surface area contributed by atoms with Crippen molar-refractivity contribution < 1.29 is 90.1 Å². The summed E-state index contributed by atoms with van der Waals surface area (Å²) in [6, 6.07) is 0. The Labute approximate surface area is 268 Å². The van der Waals surface area contributed by atoms with Crippen LogP contribution in [0.2, 0.25) is 0 Å². The van der Waals surface area contributed by atoms with Crippen LogP contribution in [0, 0.1) is 0 Å². The van der Waals surface area contributed by atoms with Crippen LogP contribution in [0.3, 0.4) is 0 Å². The Bertz CT molecular complexity index is 1140. The predicted molar refractivity (Wildman–Crippen MR) is 145 cm³/mol. The van der Waals surface area contributed by atoms with E-state index < -0.39 is 130 Å². The van der Waals surface area contributed by atoms with E-state index in [0.29, 0.717) is 0 Å². The average molecular weight is 683 g/mol. The molecule has 2 aliphatic rings. The standard InChI is InChI=1S/C28H39FO18/c1-12(30)38-10-19-21(40-14(3)32)23(41-15(4)33)26(44-18(7)36)28(46-19)47-22-20(11-39-13(2)31)45-27(37-9-8-29)25(43-17(6)35)24(22)42-16(5)34/h19-28H,8-11H2,1-7H3/t19-,20-,21+,22-,23+,24+,25-,26-,27-,28+/m1/s1. The lowest BCUT2D eigenvalue weighted by Crippen LogP contribution is -2.67. The van der Waals surface area contributed by atoms with E-state index in [1.807, 2.05) is 0 Å². The monoisotopic (exact) mass is 682 g/mol. The molecule has 0 amide bonds. The normalized spacial score (nSPS) is 30.2. The van der Waals surface area contributed by atoms with E-state index in [4.69, 9.17) is 52.1 Å². The highest BCUT2D eigenvalue weighted by molar-refractivity contribution is 5.69. The molecule has 0 N–H and O–H groups in total. The molecule has 2 rings (SSSR count). The Balaban J connectivity index is 2.71. The zero-order valence-electron chi connectivity index (χ0n) is 26.8. The molecule has 47 heavy (non-hydrogen) atoms. The summed E-state index contributed by atoms with van der Waals surface area (Å²) in [5.74, 6) is -6.06. The minimum absolute atomic E-state index is 0.541. The summed E-state index contributed by atoms with van der Waals surface area (Å²) in [5, 5.41) is 0. The minimum Gasteiger partial charge on any atom is -0.463 e. The zero-order valence-corrected chi connectivity index (χ0v) is 26.8. The van der Waals surface area contributed by atoms with Gasteiger partial charge >= 0.3 is 41.8 Å². The lowest BCUT2D eigenvalue weighted by Gasteiger charge is -2.48. The summed E-state index contributed by atoms with van der Waals surface area (Å²) in [6.07, 6.45) is -16.0. The van der Waals surface area contributed by atoms with Crippen LogP contribution in [0.15, 0.2) is 0 Å². The molecule has 0 aliphatic carbocycles. The third-order valence-electron chi connectivity index (χ3n) is 6.24. The van der Waals surface area contributed by atoms with E-state index in [9.17, 15) is 38.0 Å². The highest BCUT2D eigenvalue weighted by Gasteiger charge is 2.57. The third kappa shape index (κ3) is 12.3. The summed E-state index contributed by atoms with van der Waals surface area (Å²) in [7, 11) is 0. The van der Waals surface area contributed by atoms with Crippen LogP contribution < -0.4 is 0 Å². The van der Waals surface area contributed by atoms with E-state index in [1.54, 1.807) is 0 Å². The molecule has 18 nitrogen and oxygen atoms in total. The van der Waals surface area contributed by atoms with Crippen molar-refractivity contribution in [1.82, 2.24) is 0 Å². The first-order chi connectivity index (χ1) is 22.0. The smallest absolute Gasteiger partial charge is 0.303 e. The van der Waals surface area contributed by atoms with Gasteiger partial charge in [-0.25, -0.2) is 4.39 Å². The molecule has 0 aromatic heterocycles. The summed E-state index contributed by atoms with van der Waals surface area (Å²) in [6.45, 7) is 4.57. The number of carbonyl (C=O) groups is 7. The Morgan fingerprint density at radius 3 is 1.28 bits per heavy atom.